The second-order valence-corrected chi connectivity index (χ2v) is 3.65. The highest BCUT2D eigenvalue weighted by atomic mass is 16.5. The van der Waals surface area contributed by atoms with Crippen LogP contribution in [-0.2, 0) is 4.79 Å². The summed E-state index contributed by atoms with van der Waals surface area (Å²) in [6.07, 6.45) is 3.35. The van der Waals surface area contributed by atoms with Gasteiger partial charge in [-0.25, -0.2) is 0 Å². The summed E-state index contributed by atoms with van der Waals surface area (Å²) in [6, 6.07) is 6.01. The number of carboxylic acid groups (broad SMARTS) is 1. The lowest BCUT2D eigenvalue weighted by molar-refractivity contribution is -0.136. The molecule has 0 unspecified atom stereocenters. The van der Waals surface area contributed by atoms with Crippen molar-refractivity contribution < 1.29 is 14.6 Å². The third-order valence-corrected chi connectivity index (χ3v) is 2.14. The van der Waals surface area contributed by atoms with Crippen LogP contribution in [0.2, 0.25) is 0 Å². The van der Waals surface area contributed by atoms with Gasteiger partial charge < -0.3 is 9.84 Å². The fourth-order valence-electron chi connectivity index (χ4n) is 1.25. The third kappa shape index (κ3) is 4.17. The van der Waals surface area contributed by atoms with Crippen molar-refractivity contribution in [3.05, 3.63) is 41.5 Å². The Labute approximate surface area is 95.4 Å². The molecule has 0 saturated heterocycles. The quantitative estimate of drug-likeness (QED) is 0.776. The normalized spacial score (nSPS) is 10.6. The minimum atomic E-state index is -0.831. The number of aliphatic carboxylic acids is 1. The van der Waals surface area contributed by atoms with Gasteiger partial charge in [0.2, 0.25) is 0 Å². The van der Waals surface area contributed by atoms with Crippen molar-refractivity contribution in [2.75, 3.05) is 6.61 Å². The molecule has 0 aliphatic rings. The molecule has 0 radical (unpaired) electrons. The summed E-state index contributed by atoms with van der Waals surface area (Å²) in [5, 5.41) is 8.42. The average Bonchev–Trinajstić information content (AvgIpc) is 2.22. The van der Waals surface area contributed by atoms with Crippen molar-refractivity contribution in [3.63, 3.8) is 0 Å². The van der Waals surface area contributed by atoms with E-state index >= 15 is 0 Å². The van der Waals surface area contributed by atoms with E-state index in [-0.39, 0.29) is 6.42 Å². The highest BCUT2D eigenvalue weighted by molar-refractivity contribution is 5.68. The van der Waals surface area contributed by atoms with Crippen LogP contribution in [0.25, 0.3) is 0 Å². The summed E-state index contributed by atoms with van der Waals surface area (Å²) in [6.45, 7) is 4.39. The first-order valence-electron chi connectivity index (χ1n) is 5.16. The Morgan fingerprint density at radius 3 is 2.81 bits per heavy atom. The van der Waals surface area contributed by atoms with Gasteiger partial charge >= 0.3 is 5.97 Å². The summed E-state index contributed by atoms with van der Waals surface area (Å²) in [4.78, 5) is 10.2. The van der Waals surface area contributed by atoms with Crippen molar-refractivity contribution in [3.8, 4) is 5.75 Å². The fourth-order valence-corrected chi connectivity index (χ4v) is 1.25. The summed E-state index contributed by atoms with van der Waals surface area (Å²) < 4.78 is 5.52. The number of rotatable bonds is 5. The maximum absolute atomic E-state index is 10.2. The summed E-state index contributed by atoms with van der Waals surface area (Å²) in [5.74, 6) is 0.0166. The molecule has 0 aliphatic carbocycles. The molecule has 1 aromatic carbocycles. The van der Waals surface area contributed by atoms with E-state index in [4.69, 9.17) is 9.84 Å². The molecule has 1 rings (SSSR count). The Hall–Kier alpha value is -1.77. The number of aryl methyl sites for hydroxylation is 2. The van der Waals surface area contributed by atoms with Crippen LogP contribution < -0.4 is 4.74 Å². The van der Waals surface area contributed by atoms with Crippen molar-refractivity contribution in [1.82, 2.24) is 0 Å². The van der Waals surface area contributed by atoms with Gasteiger partial charge in [0, 0.05) is 0 Å². The zero-order chi connectivity index (χ0) is 12.0. The number of benzene rings is 1. The van der Waals surface area contributed by atoms with Gasteiger partial charge in [-0.05, 0) is 31.0 Å². The van der Waals surface area contributed by atoms with E-state index in [1.54, 1.807) is 12.2 Å². The predicted octanol–water partition coefficient (Wildman–Crippen LogP) is 2.71. The zero-order valence-electron chi connectivity index (χ0n) is 9.56. The van der Waals surface area contributed by atoms with E-state index in [2.05, 4.69) is 0 Å². The Morgan fingerprint density at radius 2 is 2.12 bits per heavy atom. The van der Waals surface area contributed by atoms with E-state index < -0.39 is 5.97 Å². The van der Waals surface area contributed by atoms with Gasteiger partial charge in [-0.3, -0.25) is 4.79 Å². The second-order valence-electron chi connectivity index (χ2n) is 3.65. The van der Waals surface area contributed by atoms with Crippen LogP contribution in [0.3, 0.4) is 0 Å². The van der Waals surface area contributed by atoms with E-state index in [9.17, 15) is 4.79 Å². The number of ether oxygens (including phenoxy) is 1. The van der Waals surface area contributed by atoms with Crippen LogP contribution >= 0.6 is 0 Å². The first-order chi connectivity index (χ1) is 7.59. The Kier molecular flexibility index (Phi) is 4.58. The standard InChI is InChI=1S/C13H16O3/c1-10-6-7-11(2)12(9-10)16-8-4-3-5-13(14)15/h3-4,6-7,9H,5,8H2,1-2H3,(H,14,15)/b4-3+. The Bertz CT molecular complexity index is 394. The molecule has 0 fully saturated rings. The smallest absolute Gasteiger partial charge is 0.307 e. The molecule has 16 heavy (non-hydrogen) atoms. The van der Waals surface area contributed by atoms with E-state index in [0.717, 1.165) is 16.9 Å². The van der Waals surface area contributed by atoms with Crippen LogP contribution in [0.15, 0.2) is 30.4 Å². The predicted molar refractivity (Wildman–Crippen MR) is 62.8 cm³/mol. The molecule has 0 spiro atoms. The molecule has 0 aliphatic heterocycles. The molecule has 0 heterocycles. The fraction of sp³-hybridized carbons (Fsp3) is 0.308. The van der Waals surface area contributed by atoms with Gasteiger partial charge in [-0.15, -0.1) is 0 Å². The van der Waals surface area contributed by atoms with Crippen LogP contribution in [-0.4, -0.2) is 17.7 Å². The highest BCUT2D eigenvalue weighted by Crippen LogP contribution is 2.18. The lowest BCUT2D eigenvalue weighted by Crippen LogP contribution is -1.97. The molecule has 0 bridgehead atoms. The van der Waals surface area contributed by atoms with Crippen molar-refractivity contribution in [2.45, 2.75) is 20.3 Å². The zero-order valence-corrected chi connectivity index (χ0v) is 9.56. The highest BCUT2D eigenvalue weighted by Gasteiger charge is 1.98. The van der Waals surface area contributed by atoms with Crippen LogP contribution in [0.1, 0.15) is 17.5 Å². The van der Waals surface area contributed by atoms with Crippen LogP contribution in [0.5, 0.6) is 5.75 Å². The van der Waals surface area contributed by atoms with Crippen LogP contribution in [0, 0.1) is 13.8 Å². The lowest BCUT2D eigenvalue weighted by Gasteiger charge is -2.07. The molecular formula is C13H16O3. The topological polar surface area (TPSA) is 46.5 Å². The van der Waals surface area contributed by atoms with Gasteiger partial charge in [0.25, 0.3) is 0 Å². The number of carboxylic acids is 1. The summed E-state index contributed by atoms with van der Waals surface area (Å²) in [5.41, 5.74) is 2.23. The second kappa shape index (κ2) is 5.95. The molecule has 0 amide bonds. The molecule has 86 valence electrons. The molecule has 0 atom stereocenters. The monoisotopic (exact) mass is 220 g/mol. The van der Waals surface area contributed by atoms with Gasteiger partial charge in [0.05, 0.1) is 6.42 Å². The van der Waals surface area contributed by atoms with Gasteiger partial charge in [0.15, 0.2) is 0 Å². The molecule has 3 heteroatoms. The number of hydrogen-bond acceptors (Lipinski definition) is 2. The minimum absolute atomic E-state index is 0.0379. The summed E-state index contributed by atoms with van der Waals surface area (Å²) in [7, 11) is 0. The molecule has 0 aromatic heterocycles. The SMILES string of the molecule is Cc1ccc(C)c(OC/C=C/CC(=O)O)c1. The van der Waals surface area contributed by atoms with Crippen molar-refractivity contribution in [1.29, 1.82) is 0 Å². The van der Waals surface area contributed by atoms with E-state index in [1.165, 1.54) is 0 Å². The van der Waals surface area contributed by atoms with Crippen molar-refractivity contribution >= 4 is 5.97 Å². The van der Waals surface area contributed by atoms with Gasteiger partial charge in [-0.1, -0.05) is 24.3 Å². The molecule has 3 nitrogen and oxygen atoms in total. The largest absolute Gasteiger partial charge is 0.489 e. The first kappa shape index (κ1) is 12.3. The molecular weight excluding hydrogens is 204 g/mol. The number of carbonyl (C=O) groups is 1. The first-order valence-corrected chi connectivity index (χ1v) is 5.16. The van der Waals surface area contributed by atoms with Gasteiger partial charge in [0.1, 0.15) is 12.4 Å². The molecule has 1 N–H and O–H groups in total. The van der Waals surface area contributed by atoms with E-state index in [0.29, 0.717) is 6.61 Å². The van der Waals surface area contributed by atoms with Gasteiger partial charge in [-0.2, -0.15) is 0 Å². The van der Waals surface area contributed by atoms with Crippen LogP contribution in [0.4, 0.5) is 0 Å². The number of hydrogen-bond donors (Lipinski definition) is 1. The lowest BCUT2D eigenvalue weighted by atomic mass is 10.1. The van der Waals surface area contributed by atoms with Crippen molar-refractivity contribution in [2.24, 2.45) is 0 Å². The maximum atomic E-state index is 10.2. The Morgan fingerprint density at radius 1 is 1.38 bits per heavy atom. The third-order valence-electron chi connectivity index (χ3n) is 2.14. The average molecular weight is 220 g/mol. The molecule has 0 saturated carbocycles. The Balaban J connectivity index is 2.45. The maximum Gasteiger partial charge on any atom is 0.307 e. The van der Waals surface area contributed by atoms with E-state index in [1.807, 2.05) is 32.0 Å². The summed E-state index contributed by atoms with van der Waals surface area (Å²) >= 11 is 0. The molecule has 1 aromatic rings. The minimum Gasteiger partial charge on any atom is -0.489 e.